The van der Waals surface area contributed by atoms with Crippen molar-refractivity contribution >= 4 is 49.4 Å². The number of halogens is 3. The molecule has 3 nitrogen and oxygen atoms in total. The van der Waals surface area contributed by atoms with Gasteiger partial charge in [0.2, 0.25) is 0 Å². The van der Waals surface area contributed by atoms with Crippen LogP contribution >= 0.6 is 43.5 Å². The van der Waals surface area contributed by atoms with E-state index in [4.69, 9.17) is 21.1 Å². The Morgan fingerprint density at radius 1 is 1.19 bits per heavy atom. The summed E-state index contributed by atoms with van der Waals surface area (Å²) >= 11 is 12.7. The van der Waals surface area contributed by atoms with Crippen LogP contribution in [0.2, 0.25) is 5.02 Å². The van der Waals surface area contributed by atoms with E-state index in [0.717, 1.165) is 14.5 Å². The maximum absolute atomic E-state index is 11.7. The van der Waals surface area contributed by atoms with Crippen molar-refractivity contribution in [3.8, 4) is 11.5 Å². The summed E-state index contributed by atoms with van der Waals surface area (Å²) in [6.07, 6.45) is 0. The van der Waals surface area contributed by atoms with E-state index >= 15 is 0 Å². The Morgan fingerprint density at radius 2 is 1.95 bits per heavy atom. The van der Waals surface area contributed by atoms with Crippen molar-refractivity contribution in [3.05, 3.63) is 55.9 Å². The van der Waals surface area contributed by atoms with Gasteiger partial charge in [-0.05, 0) is 58.7 Å². The number of benzene rings is 2. The molecule has 0 spiro atoms. The first kappa shape index (κ1) is 16.3. The summed E-state index contributed by atoms with van der Waals surface area (Å²) in [7, 11) is 0. The molecular weight excluding hydrogens is 423 g/mol. The van der Waals surface area contributed by atoms with Crippen molar-refractivity contribution < 1.29 is 14.3 Å². The number of carbonyl (C=O) groups is 1. The van der Waals surface area contributed by atoms with Gasteiger partial charge in [0.15, 0.2) is 6.61 Å². The maximum Gasteiger partial charge on any atom is 0.349 e. The Labute approximate surface area is 144 Å². The lowest BCUT2D eigenvalue weighted by molar-refractivity contribution is -0.136. The molecule has 2 aromatic rings. The smallest absolute Gasteiger partial charge is 0.349 e. The third kappa shape index (κ3) is 4.73. The Morgan fingerprint density at radius 3 is 2.62 bits per heavy atom. The van der Waals surface area contributed by atoms with Crippen LogP contribution in [0, 0.1) is 6.92 Å². The Hall–Kier alpha value is -1.04. The fourth-order valence-corrected chi connectivity index (χ4v) is 2.86. The number of esters is 1. The molecule has 0 aliphatic rings. The van der Waals surface area contributed by atoms with Crippen LogP contribution in [0.25, 0.3) is 0 Å². The van der Waals surface area contributed by atoms with E-state index in [9.17, 15) is 4.79 Å². The maximum atomic E-state index is 11.7. The van der Waals surface area contributed by atoms with Gasteiger partial charge < -0.3 is 9.47 Å². The van der Waals surface area contributed by atoms with Crippen molar-refractivity contribution in [2.75, 3.05) is 6.61 Å². The Bertz CT molecular complexity index is 674. The number of ether oxygens (including phenoxy) is 2. The number of hydrogen-bond donors (Lipinski definition) is 0. The van der Waals surface area contributed by atoms with Crippen LogP contribution < -0.4 is 9.47 Å². The molecule has 0 saturated heterocycles. The minimum absolute atomic E-state index is 0.189. The van der Waals surface area contributed by atoms with E-state index in [0.29, 0.717) is 16.5 Å². The fraction of sp³-hybridized carbons (Fsp3) is 0.133. The second kappa shape index (κ2) is 7.29. The molecule has 0 saturated carbocycles. The number of rotatable bonds is 4. The molecule has 0 fully saturated rings. The van der Waals surface area contributed by atoms with E-state index < -0.39 is 5.97 Å². The highest BCUT2D eigenvalue weighted by molar-refractivity contribution is 9.11. The highest BCUT2D eigenvalue weighted by Gasteiger charge is 2.09. The Balaban J connectivity index is 1.94. The highest BCUT2D eigenvalue weighted by atomic mass is 79.9. The molecule has 2 rings (SSSR count). The van der Waals surface area contributed by atoms with Gasteiger partial charge in [-0.3, -0.25) is 0 Å². The molecule has 0 aromatic heterocycles. The van der Waals surface area contributed by atoms with Crippen LogP contribution in [0.4, 0.5) is 0 Å². The largest absolute Gasteiger partial charge is 0.481 e. The first-order valence-corrected chi connectivity index (χ1v) is 7.97. The predicted octanol–water partition coefficient (Wildman–Crippen LogP) is 5.16. The third-order valence-corrected chi connectivity index (χ3v) is 4.13. The zero-order valence-electron chi connectivity index (χ0n) is 11.0. The molecule has 21 heavy (non-hydrogen) atoms. The molecule has 0 bridgehead atoms. The summed E-state index contributed by atoms with van der Waals surface area (Å²) in [4.78, 5) is 11.7. The van der Waals surface area contributed by atoms with Gasteiger partial charge in [-0.1, -0.05) is 33.6 Å². The standard InChI is InChI=1S/C15H11Br2ClO3/c1-9-2-4-11(7-13(9)18)21-15(19)8-20-14-5-3-10(16)6-12(14)17/h2-7H,8H2,1H3. The number of aryl methyl sites for hydroxylation is 1. The molecule has 0 aliphatic carbocycles. The van der Waals surface area contributed by atoms with E-state index in [1.807, 2.05) is 19.1 Å². The second-order valence-electron chi connectivity index (χ2n) is 4.25. The molecule has 0 radical (unpaired) electrons. The van der Waals surface area contributed by atoms with Gasteiger partial charge in [0.05, 0.1) is 4.47 Å². The lowest BCUT2D eigenvalue weighted by Crippen LogP contribution is -2.17. The fourth-order valence-electron chi connectivity index (χ4n) is 1.53. The monoisotopic (exact) mass is 432 g/mol. The van der Waals surface area contributed by atoms with E-state index in [1.165, 1.54) is 0 Å². The summed E-state index contributed by atoms with van der Waals surface area (Å²) in [5, 5.41) is 0.553. The minimum Gasteiger partial charge on any atom is -0.481 e. The molecule has 0 heterocycles. The summed E-state index contributed by atoms with van der Waals surface area (Å²) < 4.78 is 12.2. The molecule has 0 unspecified atom stereocenters. The summed E-state index contributed by atoms with van der Waals surface area (Å²) in [5.41, 5.74) is 0.923. The average molecular weight is 435 g/mol. The van der Waals surface area contributed by atoms with Gasteiger partial charge in [-0.2, -0.15) is 0 Å². The normalized spacial score (nSPS) is 10.3. The highest BCUT2D eigenvalue weighted by Crippen LogP contribution is 2.28. The third-order valence-electron chi connectivity index (χ3n) is 2.61. The molecule has 6 heteroatoms. The van der Waals surface area contributed by atoms with Crippen LogP contribution in [-0.2, 0) is 4.79 Å². The van der Waals surface area contributed by atoms with Gasteiger partial charge in [0.1, 0.15) is 11.5 Å². The van der Waals surface area contributed by atoms with Crippen molar-refractivity contribution in [2.24, 2.45) is 0 Å². The van der Waals surface area contributed by atoms with Crippen LogP contribution in [-0.4, -0.2) is 12.6 Å². The minimum atomic E-state index is -0.496. The van der Waals surface area contributed by atoms with Gasteiger partial charge in [0.25, 0.3) is 0 Å². The summed E-state index contributed by atoms with van der Waals surface area (Å²) in [5.74, 6) is 0.468. The molecule has 0 N–H and O–H groups in total. The topological polar surface area (TPSA) is 35.5 Å². The lowest BCUT2D eigenvalue weighted by Gasteiger charge is -2.09. The van der Waals surface area contributed by atoms with Gasteiger partial charge in [-0.15, -0.1) is 0 Å². The first-order valence-electron chi connectivity index (χ1n) is 6.00. The van der Waals surface area contributed by atoms with E-state index in [-0.39, 0.29) is 6.61 Å². The van der Waals surface area contributed by atoms with Crippen molar-refractivity contribution in [2.45, 2.75) is 6.92 Å². The average Bonchev–Trinajstić information content (AvgIpc) is 2.42. The molecule has 2 aromatic carbocycles. The van der Waals surface area contributed by atoms with Crippen LogP contribution in [0.15, 0.2) is 45.3 Å². The van der Waals surface area contributed by atoms with Crippen molar-refractivity contribution in [3.63, 3.8) is 0 Å². The predicted molar refractivity (Wildman–Crippen MR) is 89.2 cm³/mol. The van der Waals surface area contributed by atoms with Crippen LogP contribution in [0.3, 0.4) is 0 Å². The number of hydrogen-bond acceptors (Lipinski definition) is 3. The summed E-state index contributed by atoms with van der Waals surface area (Å²) in [6, 6.07) is 10.5. The van der Waals surface area contributed by atoms with Crippen molar-refractivity contribution in [1.82, 2.24) is 0 Å². The van der Waals surface area contributed by atoms with Gasteiger partial charge in [0, 0.05) is 9.50 Å². The molecule has 0 amide bonds. The summed E-state index contributed by atoms with van der Waals surface area (Å²) in [6.45, 7) is 1.69. The molecule has 110 valence electrons. The van der Waals surface area contributed by atoms with Gasteiger partial charge >= 0.3 is 5.97 Å². The molecular formula is C15H11Br2ClO3. The molecule has 0 atom stereocenters. The van der Waals surface area contributed by atoms with Gasteiger partial charge in [-0.25, -0.2) is 4.79 Å². The first-order chi connectivity index (χ1) is 9.95. The Kier molecular flexibility index (Phi) is 5.67. The van der Waals surface area contributed by atoms with Crippen LogP contribution in [0.1, 0.15) is 5.56 Å². The zero-order valence-corrected chi connectivity index (χ0v) is 15.0. The second-order valence-corrected chi connectivity index (χ2v) is 6.43. The van der Waals surface area contributed by atoms with Crippen LogP contribution in [0.5, 0.6) is 11.5 Å². The lowest BCUT2D eigenvalue weighted by atomic mass is 10.2. The van der Waals surface area contributed by atoms with E-state index in [1.54, 1.807) is 24.3 Å². The molecule has 0 aliphatic heterocycles. The quantitative estimate of drug-likeness (QED) is 0.493. The van der Waals surface area contributed by atoms with E-state index in [2.05, 4.69) is 31.9 Å². The zero-order chi connectivity index (χ0) is 15.4. The SMILES string of the molecule is Cc1ccc(OC(=O)COc2ccc(Br)cc2Br)cc1Cl. The number of carbonyl (C=O) groups excluding carboxylic acids is 1. The van der Waals surface area contributed by atoms with Crippen molar-refractivity contribution in [1.29, 1.82) is 0 Å².